The van der Waals surface area contributed by atoms with Crippen molar-refractivity contribution < 1.29 is 0 Å². The molecule has 0 aliphatic heterocycles. The van der Waals surface area contributed by atoms with Gasteiger partial charge in [0.15, 0.2) is 0 Å². The zero-order valence-electron chi connectivity index (χ0n) is 24.4. The van der Waals surface area contributed by atoms with Gasteiger partial charge in [0.05, 0.1) is 0 Å². The van der Waals surface area contributed by atoms with Gasteiger partial charge in [-0.05, 0) is 84.7 Å². The standard InChI is InChI=1S/C40H35Br/c1-26-6-16-31(17-7-26)36-37(32-18-8-27(2)9-19-32)39(34-22-12-29(4)13-23-34)40(41,35-24-14-30(5)15-25-35)38(36)33-20-10-28(3)11-21-33/h6-25H,1-5H3. The van der Waals surface area contributed by atoms with Crippen LogP contribution in [0, 0.1) is 34.6 Å². The first-order valence-electron chi connectivity index (χ1n) is 14.3. The van der Waals surface area contributed by atoms with Crippen LogP contribution in [0.3, 0.4) is 0 Å². The van der Waals surface area contributed by atoms with E-state index in [1.807, 2.05) is 0 Å². The molecule has 0 atom stereocenters. The summed E-state index contributed by atoms with van der Waals surface area (Å²) in [4.78, 5) is 0. The maximum absolute atomic E-state index is 4.51. The van der Waals surface area contributed by atoms with Crippen LogP contribution in [0.1, 0.15) is 55.6 Å². The average molecular weight is 596 g/mol. The molecular weight excluding hydrogens is 560 g/mol. The number of halogens is 1. The van der Waals surface area contributed by atoms with E-state index in [1.165, 1.54) is 77.9 Å². The quantitative estimate of drug-likeness (QED) is 0.177. The Bertz CT molecular complexity index is 1650. The van der Waals surface area contributed by atoms with Crippen LogP contribution < -0.4 is 0 Å². The molecule has 0 heterocycles. The highest BCUT2D eigenvalue weighted by atomic mass is 79.9. The van der Waals surface area contributed by atoms with E-state index in [9.17, 15) is 0 Å². The van der Waals surface area contributed by atoms with Gasteiger partial charge in [-0.15, -0.1) is 0 Å². The van der Waals surface area contributed by atoms with Crippen LogP contribution in [-0.2, 0) is 4.32 Å². The molecule has 0 saturated heterocycles. The molecule has 1 heteroatoms. The molecule has 0 amide bonds. The normalized spacial score (nSPS) is 14.6. The molecule has 0 unspecified atom stereocenters. The minimum atomic E-state index is -0.578. The molecule has 0 bridgehead atoms. The van der Waals surface area contributed by atoms with Gasteiger partial charge in [-0.2, -0.15) is 0 Å². The SMILES string of the molecule is Cc1ccc(C2=C(c3ccc(C)cc3)C(Br)(c3ccc(C)cc3)C(c3ccc(C)cc3)=C2c2ccc(C)cc2)cc1. The van der Waals surface area contributed by atoms with Crippen LogP contribution in [0.2, 0.25) is 0 Å². The van der Waals surface area contributed by atoms with E-state index in [4.69, 9.17) is 0 Å². The van der Waals surface area contributed by atoms with Crippen molar-refractivity contribution in [1.29, 1.82) is 0 Å². The molecule has 1 aliphatic carbocycles. The zero-order valence-corrected chi connectivity index (χ0v) is 26.0. The summed E-state index contributed by atoms with van der Waals surface area (Å²) in [6.07, 6.45) is 0. The van der Waals surface area contributed by atoms with Crippen molar-refractivity contribution in [2.45, 2.75) is 38.9 Å². The lowest BCUT2D eigenvalue weighted by Crippen LogP contribution is -2.20. The lowest BCUT2D eigenvalue weighted by Gasteiger charge is -2.32. The summed E-state index contributed by atoms with van der Waals surface area (Å²) >= 11 is 4.51. The highest BCUT2D eigenvalue weighted by Gasteiger charge is 2.48. The molecule has 0 radical (unpaired) electrons. The Morgan fingerprint density at radius 2 is 0.585 bits per heavy atom. The van der Waals surface area contributed by atoms with Gasteiger partial charge in [-0.1, -0.05) is 165 Å². The molecule has 0 aromatic heterocycles. The van der Waals surface area contributed by atoms with Gasteiger partial charge in [0.25, 0.3) is 0 Å². The largest absolute Gasteiger partial charge is 0.103 e. The van der Waals surface area contributed by atoms with Crippen LogP contribution in [0.25, 0.3) is 22.3 Å². The maximum Gasteiger partial charge on any atom is 0.103 e. The number of hydrogen-bond acceptors (Lipinski definition) is 0. The highest BCUT2D eigenvalue weighted by Crippen LogP contribution is 2.65. The number of benzene rings is 5. The maximum atomic E-state index is 4.51. The minimum Gasteiger partial charge on any atom is -0.0695 e. The van der Waals surface area contributed by atoms with Crippen molar-refractivity contribution in [2.24, 2.45) is 0 Å². The van der Waals surface area contributed by atoms with E-state index in [0.717, 1.165) is 0 Å². The molecule has 202 valence electrons. The first-order chi connectivity index (χ1) is 19.8. The molecule has 1 aliphatic rings. The molecule has 5 aromatic carbocycles. The smallest absolute Gasteiger partial charge is 0.0695 e. The monoisotopic (exact) mass is 594 g/mol. The Labute approximate surface area is 253 Å². The summed E-state index contributed by atoms with van der Waals surface area (Å²) in [6.45, 7) is 10.8. The second-order valence-corrected chi connectivity index (χ2v) is 12.7. The topological polar surface area (TPSA) is 0 Å². The summed E-state index contributed by atoms with van der Waals surface area (Å²) in [7, 11) is 0. The summed E-state index contributed by atoms with van der Waals surface area (Å²) in [5, 5.41) is 0. The third-order valence-electron chi connectivity index (χ3n) is 8.25. The second kappa shape index (κ2) is 10.8. The number of hydrogen-bond donors (Lipinski definition) is 0. The number of allylic oxidation sites excluding steroid dienone is 4. The first-order valence-corrected chi connectivity index (χ1v) is 15.1. The number of rotatable bonds is 5. The van der Waals surface area contributed by atoms with Gasteiger partial charge in [-0.3, -0.25) is 0 Å². The summed E-state index contributed by atoms with van der Waals surface area (Å²) in [6, 6.07) is 45.2. The lowest BCUT2D eigenvalue weighted by molar-refractivity contribution is 1.07. The van der Waals surface area contributed by atoms with E-state index in [-0.39, 0.29) is 0 Å². The van der Waals surface area contributed by atoms with Crippen molar-refractivity contribution in [1.82, 2.24) is 0 Å². The Hall–Kier alpha value is -3.94. The van der Waals surface area contributed by atoms with Gasteiger partial charge >= 0.3 is 0 Å². The number of aryl methyl sites for hydroxylation is 5. The number of alkyl halides is 1. The van der Waals surface area contributed by atoms with Gasteiger partial charge in [0.1, 0.15) is 4.32 Å². The lowest BCUT2D eigenvalue weighted by atomic mass is 9.80. The Kier molecular flexibility index (Phi) is 7.18. The van der Waals surface area contributed by atoms with E-state index in [0.29, 0.717) is 0 Å². The van der Waals surface area contributed by atoms with Crippen LogP contribution >= 0.6 is 15.9 Å². The molecule has 0 nitrogen and oxygen atoms in total. The molecular formula is C40H35Br. The zero-order chi connectivity index (χ0) is 28.7. The van der Waals surface area contributed by atoms with Crippen LogP contribution in [0.15, 0.2) is 121 Å². The Balaban J connectivity index is 1.81. The fraction of sp³-hybridized carbons (Fsp3) is 0.150. The van der Waals surface area contributed by atoms with E-state index in [1.54, 1.807) is 0 Å². The predicted molar refractivity (Wildman–Crippen MR) is 180 cm³/mol. The predicted octanol–water partition coefficient (Wildman–Crippen LogP) is 11.1. The van der Waals surface area contributed by atoms with E-state index < -0.39 is 4.32 Å². The molecule has 0 N–H and O–H groups in total. The summed E-state index contributed by atoms with van der Waals surface area (Å²) in [5.74, 6) is 0. The molecule has 0 saturated carbocycles. The van der Waals surface area contributed by atoms with Crippen molar-refractivity contribution in [3.05, 3.63) is 177 Å². The summed E-state index contributed by atoms with van der Waals surface area (Å²) in [5.41, 5.74) is 17.5. The van der Waals surface area contributed by atoms with E-state index in [2.05, 4.69) is 172 Å². The van der Waals surface area contributed by atoms with Gasteiger partial charge < -0.3 is 0 Å². The van der Waals surface area contributed by atoms with Crippen molar-refractivity contribution in [3.8, 4) is 0 Å². The highest BCUT2D eigenvalue weighted by molar-refractivity contribution is 9.10. The minimum absolute atomic E-state index is 0.578. The summed E-state index contributed by atoms with van der Waals surface area (Å²) < 4.78 is -0.578. The molecule has 6 rings (SSSR count). The third-order valence-corrected chi connectivity index (χ3v) is 9.50. The molecule has 5 aromatic rings. The fourth-order valence-corrected chi connectivity index (χ4v) is 7.05. The third kappa shape index (κ3) is 4.94. The van der Waals surface area contributed by atoms with Gasteiger partial charge in [-0.25, -0.2) is 0 Å². The molecule has 41 heavy (non-hydrogen) atoms. The first kappa shape index (κ1) is 27.2. The van der Waals surface area contributed by atoms with Gasteiger partial charge in [0, 0.05) is 0 Å². The van der Waals surface area contributed by atoms with Crippen LogP contribution in [0.5, 0.6) is 0 Å². The van der Waals surface area contributed by atoms with Crippen molar-refractivity contribution >= 4 is 38.2 Å². The van der Waals surface area contributed by atoms with Gasteiger partial charge in [0.2, 0.25) is 0 Å². The van der Waals surface area contributed by atoms with Crippen molar-refractivity contribution in [2.75, 3.05) is 0 Å². The molecule has 0 fully saturated rings. The van der Waals surface area contributed by atoms with Crippen LogP contribution in [0.4, 0.5) is 0 Å². The fourth-order valence-electron chi connectivity index (χ4n) is 5.94. The Morgan fingerprint density at radius 1 is 0.341 bits per heavy atom. The van der Waals surface area contributed by atoms with Crippen LogP contribution in [-0.4, -0.2) is 0 Å². The second-order valence-electron chi connectivity index (χ2n) is 11.5. The van der Waals surface area contributed by atoms with Crippen molar-refractivity contribution in [3.63, 3.8) is 0 Å². The van der Waals surface area contributed by atoms with E-state index >= 15 is 0 Å². The molecule has 0 spiro atoms. The average Bonchev–Trinajstić information content (AvgIpc) is 3.25. The Morgan fingerprint density at radius 3 is 0.878 bits per heavy atom.